The van der Waals surface area contributed by atoms with E-state index in [1.54, 1.807) is 6.20 Å². The number of imide groups is 1. The van der Waals surface area contributed by atoms with Crippen molar-refractivity contribution in [2.24, 2.45) is 0 Å². The van der Waals surface area contributed by atoms with E-state index in [2.05, 4.69) is 52.3 Å². The standard InChI is InChI=1S/C37H34N4O2/c42-35-37(20-24-39(25-21-37)26-31-16-6-14-29-13-4-5-19-33(29)31)41(27-32-17-7-15-30-18-8-22-38-34(30)32)36(43)40(35)23-9-12-28-10-2-1-3-11-28/h1-19,22H,20-21,23-27H2/b12-9+. The van der Waals surface area contributed by atoms with Gasteiger partial charge in [-0.25, -0.2) is 4.79 Å². The van der Waals surface area contributed by atoms with Crippen LogP contribution < -0.4 is 0 Å². The van der Waals surface area contributed by atoms with E-state index in [0.29, 0.717) is 19.4 Å². The highest BCUT2D eigenvalue weighted by atomic mass is 16.2. The molecule has 2 fully saturated rings. The minimum atomic E-state index is -0.871. The summed E-state index contributed by atoms with van der Waals surface area (Å²) in [5, 5.41) is 3.53. The summed E-state index contributed by atoms with van der Waals surface area (Å²) in [4.78, 5) is 38.6. The van der Waals surface area contributed by atoms with Crippen LogP contribution in [0, 0.1) is 0 Å². The Morgan fingerprint density at radius 3 is 2.26 bits per heavy atom. The SMILES string of the molecule is O=C1N(C/C=C/c2ccccc2)C(=O)C2(CCN(Cc3cccc4ccccc34)CC2)N1Cc1cccc2cccnc12. The maximum absolute atomic E-state index is 14.2. The predicted molar refractivity (Wildman–Crippen MR) is 171 cm³/mol. The van der Waals surface area contributed by atoms with Crippen LogP contribution in [0.15, 0.2) is 115 Å². The number of pyridine rings is 1. The summed E-state index contributed by atoms with van der Waals surface area (Å²) in [7, 11) is 0. The highest BCUT2D eigenvalue weighted by Crippen LogP contribution is 2.39. The van der Waals surface area contributed by atoms with Gasteiger partial charge in [0.15, 0.2) is 0 Å². The Labute approximate surface area is 251 Å². The number of benzene rings is 4. The number of hydrogen-bond acceptors (Lipinski definition) is 4. The van der Waals surface area contributed by atoms with Crippen LogP contribution in [0.5, 0.6) is 0 Å². The summed E-state index contributed by atoms with van der Waals surface area (Å²) in [6, 6.07) is 34.7. The van der Waals surface area contributed by atoms with Crippen molar-refractivity contribution in [2.75, 3.05) is 19.6 Å². The quantitative estimate of drug-likeness (QED) is 0.201. The first-order valence-corrected chi connectivity index (χ1v) is 15.0. The topological polar surface area (TPSA) is 56.8 Å². The van der Waals surface area contributed by atoms with Gasteiger partial charge < -0.3 is 4.90 Å². The molecule has 3 amide bonds. The first kappa shape index (κ1) is 27.0. The molecule has 2 saturated heterocycles. The molecule has 7 rings (SSSR count). The van der Waals surface area contributed by atoms with E-state index in [9.17, 15) is 9.59 Å². The zero-order chi connectivity index (χ0) is 29.2. The lowest BCUT2D eigenvalue weighted by molar-refractivity contribution is -0.135. The minimum Gasteiger partial charge on any atom is -0.305 e. The number of fused-ring (bicyclic) bond motifs is 2. The van der Waals surface area contributed by atoms with Crippen LogP contribution in [-0.2, 0) is 17.9 Å². The summed E-state index contributed by atoms with van der Waals surface area (Å²) in [5.41, 5.74) is 3.28. The molecule has 0 N–H and O–H groups in total. The Bertz CT molecular complexity index is 1810. The Morgan fingerprint density at radius 2 is 1.42 bits per heavy atom. The van der Waals surface area contributed by atoms with Crippen molar-refractivity contribution in [1.82, 2.24) is 19.7 Å². The number of aromatic nitrogens is 1. The van der Waals surface area contributed by atoms with E-state index in [1.807, 2.05) is 77.7 Å². The molecule has 4 aromatic carbocycles. The maximum Gasteiger partial charge on any atom is 0.328 e. The lowest BCUT2D eigenvalue weighted by Gasteiger charge is -2.42. The van der Waals surface area contributed by atoms with Crippen molar-refractivity contribution < 1.29 is 9.59 Å². The van der Waals surface area contributed by atoms with E-state index in [0.717, 1.165) is 41.7 Å². The summed E-state index contributed by atoms with van der Waals surface area (Å²) in [5.74, 6) is -0.0896. The maximum atomic E-state index is 14.2. The molecule has 6 nitrogen and oxygen atoms in total. The second-order valence-corrected chi connectivity index (χ2v) is 11.5. The number of nitrogens with zero attached hydrogens (tertiary/aromatic N) is 4. The van der Waals surface area contributed by atoms with E-state index in [4.69, 9.17) is 0 Å². The molecule has 1 spiro atoms. The van der Waals surface area contributed by atoms with E-state index in [1.165, 1.54) is 21.2 Å². The molecular formula is C37H34N4O2. The van der Waals surface area contributed by atoms with Crippen molar-refractivity contribution in [1.29, 1.82) is 0 Å². The molecule has 2 aliphatic rings. The second-order valence-electron chi connectivity index (χ2n) is 11.5. The van der Waals surface area contributed by atoms with Crippen molar-refractivity contribution in [3.63, 3.8) is 0 Å². The van der Waals surface area contributed by atoms with Gasteiger partial charge in [0.1, 0.15) is 5.54 Å². The minimum absolute atomic E-state index is 0.0896. The van der Waals surface area contributed by atoms with Gasteiger partial charge in [0, 0.05) is 37.8 Å². The Balaban J connectivity index is 1.16. The fourth-order valence-electron chi connectivity index (χ4n) is 6.72. The predicted octanol–water partition coefficient (Wildman–Crippen LogP) is 6.90. The molecule has 5 aromatic rings. The second kappa shape index (κ2) is 11.5. The number of urea groups is 1. The van der Waals surface area contributed by atoms with Crippen molar-refractivity contribution in [3.05, 3.63) is 132 Å². The summed E-state index contributed by atoms with van der Waals surface area (Å²) >= 11 is 0. The zero-order valence-corrected chi connectivity index (χ0v) is 24.1. The Kier molecular flexibility index (Phi) is 7.21. The lowest BCUT2D eigenvalue weighted by atomic mass is 9.85. The summed E-state index contributed by atoms with van der Waals surface area (Å²) in [6.07, 6.45) is 6.86. The largest absolute Gasteiger partial charge is 0.328 e. The molecule has 0 atom stereocenters. The van der Waals surface area contributed by atoms with Crippen LogP contribution in [0.25, 0.3) is 27.8 Å². The van der Waals surface area contributed by atoms with Crippen LogP contribution in [0.2, 0.25) is 0 Å². The molecule has 6 heteroatoms. The average molecular weight is 567 g/mol. The average Bonchev–Trinajstić information content (AvgIpc) is 3.23. The van der Waals surface area contributed by atoms with Gasteiger partial charge in [0.25, 0.3) is 5.91 Å². The van der Waals surface area contributed by atoms with Crippen LogP contribution in [-0.4, -0.2) is 56.8 Å². The number of carbonyl (C=O) groups is 2. The lowest BCUT2D eigenvalue weighted by Crippen LogP contribution is -2.56. The van der Waals surface area contributed by atoms with E-state index < -0.39 is 5.54 Å². The molecule has 214 valence electrons. The molecule has 0 saturated carbocycles. The molecule has 0 radical (unpaired) electrons. The number of hydrogen-bond donors (Lipinski definition) is 0. The van der Waals surface area contributed by atoms with Gasteiger partial charge in [0.05, 0.1) is 12.1 Å². The van der Waals surface area contributed by atoms with Gasteiger partial charge in [-0.1, -0.05) is 109 Å². The highest BCUT2D eigenvalue weighted by Gasteiger charge is 2.57. The third-order valence-corrected chi connectivity index (χ3v) is 9.02. The molecule has 43 heavy (non-hydrogen) atoms. The normalized spacial score (nSPS) is 17.2. The first-order valence-electron chi connectivity index (χ1n) is 15.0. The number of para-hydroxylation sites is 1. The fourth-order valence-corrected chi connectivity index (χ4v) is 6.72. The van der Waals surface area contributed by atoms with Crippen LogP contribution in [0.3, 0.4) is 0 Å². The number of piperidine rings is 1. The van der Waals surface area contributed by atoms with Gasteiger partial charge >= 0.3 is 6.03 Å². The van der Waals surface area contributed by atoms with Gasteiger partial charge in [-0.15, -0.1) is 0 Å². The van der Waals surface area contributed by atoms with Crippen molar-refractivity contribution in [3.8, 4) is 0 Å². The molecule has 1 aromatic heterocycles. The van der Waals surface area contributed by atoms with Crippen LogP contribution in [0.4, 0.5) is 4.79 Å². The Hall–Kier alpha value is -4.81. The number of carbonyl (C=O) groups excluding carboxylic acids is 2. The number of likely N-dealkylation sites (tertiary alicyclic amines) is 1. The number of rotatable bonds is 7. The summed E-state index contributed by atoms with van der Waals surface area (Å²) in [6.45, 7) is 2.89. The zero-order valence-electron chi connectivity index (χ0n) is 24.1. The molecule has 2 aliphatic heterocycles. The smallest absolute Gasteiger partial charge is 0.305 e. The molecular weight excluding hydrogens is 532 g/mol. The molecule has 0 bridgehead atoms. The Morgan fingerprint density at radius 1 is 0.721 bits per heavy atom. The fraction of sp³-hybridized carbons (Fsp3) is 0.216. The monoisotopic (exact) mass is 566 g/mol. The molecule has 0 unspecified atom stereocenters. The first-order chi connectivity index (χ1) is 21.1. The van der Waals surface area contributed by atoms with Crippen LogP contribution in [0.1, 0.15) is 29.5 Å². The van der Waals surface area contributed by atoms with Crippen molar-refractivity contribution >= 4 is 39.7 Å². The highest BCUT2D eigenvalue weighted by molar-refractivity contribution is 6.07. The summed E-state index contributed by atoms with van der Waals surface area (Å²) < 4.78 is 0. The molecule has 3 heterocycles. The van der Waals surface area contributed by atoms with Gasteiger partial charge in [-0.2, -0.15) is 0 Å². The van der Waals surface area contributed by atoms with E-state index >= 15 is 0 Å². The van der Waals surface area contributed by atoms with Gasteiger partial charge in [-0.05, 0) is 46.4 Å². The molecule has 0 aliphatic carbocycles. The van der Waals surface area contributed by atoms with Gasteiger partial charge in [-0.3, -0.25) is 19.6 Å². The number of amides is 3. The van der Waals surface area contributed by atoms with Crippen molar-refractivity contribution in [2.45, 2.75) is 31.5 Å². The van der Waals surface area contributed by atoms with Crippen LogP contribution >= 0.6 is 0 Å². The third kappa shape index (κ3) is 5.08. The van der Waals surface area contributed by atoms with E-state index in [-0.39, 0.29) is 18.5 Å². The van der Waals surface area contributed by atoms with Gasteiger partial charge in [0.2, 0.25) is 0 Å². The third-order valence-electron chi connectivity index (χ3n) is 9.02.